The van der Waals surface area contributed by atoms with Gasteiger partial charge < -0.3 is 15.0 Å². The van der Waals surface area contributed by atoms with Gasteiger partial charge in [-0.05, 0) is 55.0 Å². The zero-order valence-electron chi connectivity index (χ0n) is 15.7. The molecule has 0 saturated carbocycles. The molecule has 27 heavy (non-hydrogen) atoms. The highest BCUT2D eigenvalue weighted by Crippen LogP contribution is 2.36. The molecule has 2 N–H and O–H groups in total. The first-order valence-corrected chi connectivity index (χ1v) is 9.34. The van der Waals surface area contributed by atoms with Gasteiger partial charge in [-0.1, -0.05) is 0 Å². The first-order chi connectivity index (χ1) is 13.1. The molecule has 4 rings (SSSR count). The van der Waals surface area contributed by atoms with Crippen molar-refractivity contribution in [1.29, 1.82) is 0 Å². The molecule has 2 heterocycles. The van der Waals surface area contributed by atoms with Crippen LogP contribution in [0.4, 0.5) is 5.69 Å². The predicted octanol–water partition coefficient (Wildman–Crippen LogP) is 2.38. The van der Waals surface area contributed by atoms with Gasteiger partial charge in [0.2, 0.25) is 11.8 Å². The topological polar surface area (TPSA) is 87.3 Å². The van der Waals surface area contributed by atoms with Gasteiger partial charge in [-0.25, -0.2) is 0 Å². The lowest BCUT2D eigenvalue weighted by Crippen LogP contribution is -2.36. The molecule has 7 heteroatoms. The Morgan fingerprint density at radius 2 is 2.15 bits per heavy atom. The summed E-state index contributed by atoms with van der Waals surface area (Å²) in [7, 11) is 3.37. The first kappa shape index (κ1) is 17.6. The van der Waals surface area contributed by atoms with Crippen LogP contribution in [0, 0.1) is 0 Å². The Kier molecular flexibility index (Phi) is 4.59. The molecule has 1 aliphatic heterocycles. The third-order valence-corrected chi connectivity index (χ3v) is 5.50. The number of nitrogens with zero attached hydrogens (tertiary/aromatic N) is 2. The van der Waals surface area contributed by atoms with Crippen LogP contribution in [0.3, 0.4) is 0 Å². The van der Waals surface area contributed by atoms with Crippen LogP contribution >= 0.6 is 0 Å². The molecule has 2 aliphatic rings. The average Bonchev–Trinajstić information content (AvgIpc) is 3.09. The lowest BCUT2D eigenvalue weighted by atomic mass is 9.89. The van der Waals surface area contributed by atoms with Gasteiger partial charge in [-0.2, -0.15) is 5.10 Å². The second-order valence-electron chi connectivity index (χ2n) is 7.29. The quantitative estimate of drug-likeness (QED) is 0.867. The van der Waals surface area contributed by atoms with E-state index >= 15 is 0 Å². The summed E-state index contributed by atoms with van der Waals surface area (Å²) >= 11 is 0. The Morgan fingerprint density at radius 1 is 1.33 bits per heavy atom. The Balaban J connectivity index is 1.57. The largest absolute Gasteiger partial charge is 0.497 e. The predicted molar refractivity (Wildman–Crippen MR) is 101 cm³/mol. The molecule has 1 aromatic carbocycles. The van der Waals surface area contributed by atoms with Gasteiger partial charge in [0.25, 0.3) is 0 Å². The number of H-pyrrole nitrogens is 1. The maximum absolute atomic E-state index is 13.2. The molecular weight excluding hydrogens is 344 g/mol. The van der Waals surface area contributed by atoms with E-state index in [1.165, 1.54) is 17.7 Å². The van der Waals surface area contributed by atoms with Crippen molar-refractivity contribution < 1.29 is 14.3 Å². The number of methoxy groups -OCH3 is 1. The summed E-state index contributed by atoms with van der Waals surface area (Å²) in [5.41, 5.74) is 4.87. The molecule has 0 saturated heterocycles. The van der Waals surface area contributed by atoms with Crippen molar-refractivity contribution in [3.8, 4) is 5.75 Å². The van der Waals surface area contributed by atoms with Crippen LogP contribution in [-0.4, -0.2) is 41.1 Å². The molecule has 142 valence electrons. The second kappa shape index (κ2) is 7.06. The molecular formula is C20H24N4O3. The van der Waals surface area contributed by atoms with Crippen LogP contribution in [0.15, 0.2) is 18.2 Å². The van der Waals surface area contributed by atoms with Gasteiger partial charge in [-0.3, -0.25) is 14.7 Å². The molecule has 0 radical (unpaired) electrons. The number of anilines is 1. The van der Waals surface area contributed by atoms with Crippen LogP contribution in [0.5, 0.6) is 5.75 Å². The number of aromatic nitrogens is 2. The van der Waals surface area contributed by atoms with Crippen molar-refractivity contribution in [2.45, 2.75) is 44.6 Å². The highest BCUT2D eigenvalue weighted by atomic mass is 16.5. The molecule has 7 nitrogen and oxygen atoms in total. The van der Waals surface area contributed by atoms with Gasteiger partial charge in [0.1, 0.15) is 5.75 Å². The Bertz CT molecular complexity index is 889. The summed E-state index contributed by atoms with van der Waals surface area (Å²) in [5, 5.41) is 10.4. The Hall–Kier alpha value is -2.83. The molecule has 1 aliphatic carbocycles. The number of hydrogen-bond donors (Lipinski definition) is 2. The SMILES string of the molecule is COc1ccc2c(c1)[C@@H](C(=O)N(C)Cc1n[nH]c3c1CCCC3)CC(=O)N2. The number of amides is 2. The number of benzene rings is 1. The molecule has 0 spiro atoms. The summed E-state index contributed by atoms with van der Waals surface area (Å²) in [6.45, 7) is 0.447. The zero-order chi connectivity index (χ0) is 19.0. The van der Waals surface area contributed by atoms with Gasteiger partial charge >= 0.3 is 0 Å². The number of nitrogens with one attached hydrogen (secondary N) is 2. The van der Waals surface area contributed by atoms with Crippen molar-refractivity contribution in [3.05, 3.63) is 40.7 Å². The van der Waals surface area contributed by atoms with E-state index in [-0.39, 0.29) is 18.2 Å². The van der Waals surface area contributed by atoms with Gasteiger partial charge in [0.05, 0.1) is 25.3 Å². The highest BCUT2D eigenvalue weighted by Gasteiger charge is 2.33. The number of aryl methyl sites for hydroxylation is 1. The van der Waals surface area contributed by atoms with E-state index in [0.29, 0.717) is 18.0 Å². The van der Waals surface area contributed by atoms with Gasteiger partial charge in [0, 0.05) is 24.8 Å². The number of aromatic amines is 1. The minimum absolute atomic E-state index is 0.0769. The minimum Gasteiger partial charge on any atom is -0.497 e. The maximum Gasteiger partial charge on any atom is 0.230 e. The molecule has 1 atom stereocenters. The van der Waals surface area contributed by atoms with E-state index in [1.54, 1.807) is 31.2 Å². The molecule has 1 aromatic heterocycles. The minimum atomic E-state index is -0.511. The zero-order valence-corrected chi connectivity index (χ0v) is 15.7. The first-order valence-electron chi connectivity index (χ1n) is 9.34. The lowest BCUT2D eigenvalue weighted by Gasteiger charge is -2.29. The summed E-state index contributed by atoms with van der Waals surface area (Å²) in [4.78, 5) is 26.9. The molecule has 2 amide bonds. The van der Waals surface area contributed by atoms with Crippen LogP contribution in [0.25, 0.3) is 0 Å². The number of likely N-dealkylation sites (N-methyl/N-ethyl adjacent to an activating group) is 1. The fourth-order valence-electron chi connectivity index (χ4n) is 4.04. The number of rotatable bonds is 4. The molecule has 0 unspecified atom stereocenters. The standard InChI is InChI=1S/C20H24N4O3/c1-24(11-18-13-5-3-4-6-17(13)22-23-18)20(26)15-10-19(25)21-16-8-7-12(27-2)9-14(15)16/h7-9,15H,3-6,10-11H2,1-2H3,(H,21,25)(H,22,23)/t15-/m0/s1. The number of ether oxygens (including phenoxy) is 1. The maximum atomic E-state index is 13.2. The normalized spacial score (nSPS) is 18.3. The van der Waals surface area contributed by atoms with E-state index in [2.05, 4.69) is 15.5 Å². The van der Waals surface area contributed by atoms with E-state index in [1.807, 2.05) is 6.07 Å². The third-order valence-electron chi connectivity index (χ3n) is 5.50. The van der Waals surface area contributed by atoms with Crippen molar-refractivity contribution in [1.82, 2.24) is 15.1 Å². The van der Waals surface area contributed by atoms with Crippen LogP contribution in [0.1, 0.15) is 47.7 Å². The van der Waals surface area contributed by atoms with Crippen LogP contribution in [-0.2, 0) is 29.0 Å². The number of hydrogen-bond acceptors (Lipinski definition) is 4. The lowest BCUT2D eigenvalue weighted by molar-refractivity contribution is -0.134. The summed E-state index contributed by atoms with van der Waals surface area (Å²) < 4.78 is 5.29. The summed E-state index contributed by atoms with van der Waals surface area (Å²) in [6.07, 6.45) is 4.51. The number of fused-ring (bicyclic) bond motifs is 2. The fraction of sp³-hybridized carbons (Fsp3) is 0.450. The Morgan fingerprint density at radius 3 is 2.96 bits per heavy atom. The summed E-state index contributed by atoms with van der Waals surface area (Å²) in [6, 6.07) is 5.41. The fourth-order valence-corrected chi connectivity index (χ4v) is 4.04. The van der Waals surface area contributed by atoms with E-state index in [0.717, 1.165) is 30.5 Å². The molecule has 2 aromatic rings. The second-order valence-corrected chi connectivity index (χ2v) is 7.29. The van der Waals surface area contributed by atoms with Crippen molar-refractivity contribution in [3.63, 3.8) is 0 Å². The van der Waals surface area contributed by atoms with Crippen LogP contribution in [0.2, 0.25) is 0 Å². The number of carbonyl (C=O) groups is 2. The monoisotopic (exact) mass is 368 g/mol. The third kappa shape index (κ3) is 3.29. The van der Waals surface area contributed by atoms with E-state index in [9.17, 15) is 9.59 Å². The van der Waals surface area contributed by atoms with E-state index < -0.39 is 5.92 Å². The summed E-state index contributed by atoms with van der Waals surface area (Å²) in [5.74, 6) is -0.0566. The van der Waals surface area contributed by atoms with Gasteiger partial charge in [-0.15, -0.1) is 0 Å². The molecule has 0 fully saturated rings. The highest BCUT2D eigenvalue weighted by molar-refractivity contribution is 6.01. The molecule has 0 bridgehead atoms. The smallest absolute Gasteiger partial charge is 0.230 e. The van der Waals surface area contributed by atoms with Crippen molar-refractivity contribution in [2.24, 2.45) is 0 Å². The average molecular weight is 368 g/mol. The van der Waals surface area contributed by atoms with Crippen molar-refractivity contribution >= 4 is 17.5 Å². The van der Waals surface area contributed by atoms with Gasteiger partial charge in [0.15, 0.2) is 0 Å². The number of carbonyl (C=O) groups excluding carboxylic acids is 2. The van der Waals surface area contributed by atoms with Crippen molar-refractivity contribution in [2.75, 3.05) is 19.5 Å². The van der Waals surface area contributed by atoms with E-state index in [4.69, 9.17) is 4.74 Å². The van der Waals surface area contributed by atoms with Crippen LogP contribution < -0.4 is 10.1 Å². The Labute approximate surface area is 158 Å².